The fourth-order valence-electron chi connectivity index (χ4n) is 5.10. The van der Waals surface area contributed by atoms with Crippen LogP contribution in [-0.2, 0) is 9.36 Å². The predicted octanol–water partition coefficient (Wildman–Crippen LogP) is 6.44. The number of carbonyl (C=O) groups excluding carboxylic acids is 3. The average Bonchev–Trinajstić information content (AvgIpc) is 3.20. The molecule has 37 heavy (non-hydrogen) atoms. The number of nitrogens with zero attached hydrogens (tertiary/aromatic N) is 1. The van der Waals surface area contributed by atoms with Crippen LogP contribution in [0.25, 0.3) is 0 Å². The van der Waals surface area contributed by atoms with Crippen LogP contribution in [0, 0.1) is 41.5 Å². The summed E-state index contributed by atoms with van der Waals surface area (Å²) in [5, 5.41) is 0.277. The summed E-state index contributed by atoms with van der Waals surface area (Å²) < 4.78 is 14.5. The minimum atomic E-state index is -4.11. The molecule has 1 aliphatic rings. The molecule has 0 N–H and O–H groups in total. The first-order valence-corrected chi connectivity index (χ1v) is 14.2. The van der Waals surface area contributed by atoms with E-state index < -0.39 is 18.2 Å². The monoisotopic (exact) mass is 517 g/mol. The van der Waals surface area contributed by atoms with E-state index in [0.717, 1.165) is 52.8 Å². The van der Waals surface area contributed by atoms with Crippen LogP contribution in [0.4, 0.5) is 0 Å². The van der Waals surface area contributed by atoms with Crippen LogP contribution in [0.3, 0.4) is 0 Å². The Balaban J connectivity index is 0.000000468. The molecule has 0 unspecified atom stereocenters. The van der Waals surface area contributed by atoms with E-state index in [1.165, 1.54) is 0 Å². The Kier molecular flexibility index (Phi) is 8.71. The molecule has 3 aromatic rings. The molecular weight excluding hydrogens is 481 g/mol. The van der Waals surface area contributed by atoms with E-state index in [4.69, 9.17) is 0 Å². The number of aryl methyl sites for hydroxylation is 6. The van der Waals surface area contributed by atoms with Gasteiger partial charge < -0.3 is 9.46 Å². The van der Waals surface area contributed by atoms with Crippen LogP contribution in [0.5, 0.6) is 0 Å². The second kappa shape index (κ2) is 11.4. The molecule has 1 fully saturated rings. The van der Waals surface area contributed by atoms with E-state index in [9.17, 15) is 18.9 Å². The lowest BCUT2D eigenvalue weighted by Crippen LogP contribution is -2.23. The van der Waals surface area contributed by atoms with Gasteiger partial charge in [0.25, 0.3) is 0 Å². The highest BCUT2D eigenvalue weighted by Crippen LogP contribution is 2.52. The third-order valence-corrected chi connectivity index (χ3v) is 9.40. The van der Waals surface area contributed by atoms with Crippen molar-refractivity contribution in [3.8, 4) is 0 Å². The van der Waals surface area contributed by atoms with Crippen LogP contribution >= 0.6 is 7.14 Å². The molecule has 0 spiro atoms. The van der Waals surface area contributed by atoms with Crippen LogP contribution < -0.4 is 5.30 Å². The van der Waals surface area contributed by atoms with Crippen LogP contribution in [-0.4, -0.2) is 35.4 Å². The topological polar surface area (TPSA) is 71.5 Å². The standard InChI is InChI=1S/C26H27O3P.C5H9NO/c1-16-12-18(3)23(19(4)13-16)25(27)30(29,22-10-8-7-9-11-22)26(28)24-20(5)14-17(2)15-21(24)6;1-6-4-2-3-5(6)7/h7-15H,1-6H3;2-4H2,1H3. The highest BCUT2D eigenvalue weighted by Gasteiger charge is 2.44. The van der Waals surface area contributed by atoms with Gasteiger partial charge in [-0.2, -0.15) is 0 Å². The Labute approximate surface area is 220 Å². The Morgan fingerprint density at radius 3 is 1.43 bits per heavy atom. The molecule has 1 heterocycles. The number of likely N-dealkylation sites (tertiary alicyclic amines) is 1. The Morgan fingerprint density at radius 2 is 1.14 bits per heavy atom. The van der Waals surface area contributed by atoms with Gasteiger partial charge in [-0.25, -0.2) is 0 Å². The zero-order chi connectivity index (χ0) is 27.5. The third kappa shape index (κ3) is 5.83. The first-order chi connectivity index (χ1) is 17.4. The molecule has 4 rings (SSSR count). The van der Waals surface area contributed by atoms with Crippen molar-refractivity contribution < 1.29 is 18.9 Å². The summed E-state index contributed by atoms with van der Waals surface area (Å²) in [5.41, 5.74) is 4.56. The fraction of sp³-hybridized carbons (Fsp3) is 0.323. The van der Waals surface area contributed by atoms with Gasteiger partial charge in [-0.3, -0.25) is 14.4 Å². The number of rotatable bonds is 5. The van der Waals surface area contributed by atoms with E-state index in [0.29, 0.717) is 17.0 Å². The Morgan fingerprint density at radius 1 is 0.730 bits per heavy atom. The summed E-state index contributed by atoms with van der Waals surface area (Å²) in [4.78, 5) is 39.9. The molecule has 0 saturated carbocycles. The number of hydrogen-bond acceptors (Lipinski definition) is 4. The maximum absolute atomic E-state index is 14.5. The summed E-state index contributed by atoms with van der Waals surface area (Å²) in [5.74, 6) is 0.292. The maximum atomic E-state index is 14.5. The van der Waals surface area contributed by atoms with Crippen LogP contribution in [0.2, 0.25) is 0 Å². The first kappa shape index (κ1) is 28.3. The molecule has 5 nitrogen and oxygen atoms in total. The molecule has 3 aromatic carbocycles. The molecule has 1 saturated heterocycles. The number of carbonyl (C=O) groups is 3. The summed E-state index contributed by atoms with van der Waals surface area (Å²) in [7, 11) is -2.27. The van der Waals surface area contributed by atoms with Crippen molar-refractivity contribution >= 4 is 29.4 Å². The van der Waals surface area contributed by atoms with Crippen molar-refractivity contribution in [1.82, 2.24) is 4.90 Å². The molecule has 0 atom stereocenters. The van der Waals surface area contributed by atoms with Gasteiger partial charge in [0.05, 0.1) is 0 Å². The van der Waals surface area contributed by atoms with Gasteiger partial charge in [-0.05, 0) is 70.2 Å². The van der Waals surface area contributed by atoms with Crippen molar-refractivity contribution in [1.29, 1.82) is 0 Å². The molecule has 0 aliphatic carbocycles. The van der Waals surface area contributed by atoms with E-state index in [2.05, 4.69) is 0 Å². The first-order valence-electron chi connectivity index (χ1n) is 12.5. The Bertz CT molecular complexity index is 1290. The number of amides is 1. The second-order valence-electron chi connectivity index (χ2n) is 10.0. The van der Waals surface area contributed by atoms with Crippen molar-refractivity contribution in [2.45, 2.75) is 54.4 Å². The quantitative estimate of drug-likeness (QED) is 0.365. The van der Waals surface area contributed by atoms with Gasteiger partial charge >= 0.3 is 0 Å². The molecule has 1 aliphatic heterocycles. The highest BCUT2D eigenvalue weighted by molar-refractivity contribution is 8.01. The number of benzene rings is 3. The van der Waals surface area contributed by atoms with E-state index in [1.54, 1.807) is 35.2 Å². The van der Waals surface area contributed by atoms with E-state index in [-0.39, 0.29) is 5.30 Å². The van der Waals surface area contributed by atoms with Gasteiger partial charge in [-0.15, -0.1) is 0 Å². The van der Waals surface area contributed by atoms with Crippen molar-refractivity contribution in [3.63, 3.8) is 0 Å². The Hall–Kier alpha value is -3.30. The van der Waals surface area contributed by atoms with Gasteiger partial charge in [0.2, 0.25) is 24.1 Å². The molecule has 0 aromatic heterocycles. The predicted molar refractivity (Wildman–Crippen MR) is 151 cm³/mol. The number of hydrogen-bond donors (Lipinski definition) is 0. The smallest absolute Gasteiger partial charge is 0.248 e. The summed E-state index contributed by atoms with van der Waals surface area (Å²) >= 11 is 0. The van der Waals surface area contributed by atoms with Crippen LogP contribution in [0.15, 0.2) is 54.6 Å². The minimum absolute atomic E-state index is 0.277. The second-order valence-corrected chi connectivity index (χ2v) is 12.6. The van der Waals surface area contributed by atoms with E-state index in [1.807, 2.05) is 72.9 Å². The maximum Gasteiger partial charge on any atom is 0.248 e. The zero-order valence-electron chi connectivity index (χ0n) is 22.8. The zero-order valence-corrected chi connectivity index (χ0v) is 23.7. The average molecular weight is 518 g/mol. The fourth-order valence-corrected chi connectivity index (χ4v) is 7.68. The molecule has 0 radical (unpaired) electrons. The third-order valence-electron chi connectivity index (χ3n) is 6.78. The molecule has 194 valence electrons. The highest BCUT2D eigenvalue weighted by atomic mass is 31.2. The molecule has 1 amide bonds. The minimum Gasteiger partial charge on any atom is -0.346 e. The van der Waals surface area contributed by atoms with Gasteiger partial charge in [0, 0.05) is 36.4 Å². The lowest BCUT2D eigenvalue weighted by Gasteiger charge is -2.21. The van der Waals surface area contributed by atoms with Gasteiger partial charge in [-0.1, -0.05) is 65.7 Å². The lowest BCUT2D eigenvalue weighted by molar-refractivity contribution is -0.126. The van der Waals surface area contributed by atoms with Gasteiger partial charge in [0.15, 0.2) is 0 Å². The van der Waals surface area contributed by atoms with Crippen molar-refractivity contribution in [2.24, 2.45) is 0 Å². The van der Waals surface area contributed by atoms with Gasteiger partial charge in [0.1, 0.15) is 0 Å². The largest absolute Gasteiger partial charge is 0.346 e. The molecule has 0 bridgehead atoms. The SMILES string of the molecule is CN1CCCC1=O.Cc1cc(C)c(C(=O)P(=O)(C(=O)c2c(C)cc(C)cc2C)c2ccccc2)c(C)c1. The summed E-state index contributed by atoms with van der Waals surface area (Å²) in [6.45, 7) is 12.2. The van der Waals surface area contributed by atoms with E-state index >= 15 is 0 Å². The summed E-state index contributed by atoms with van der Waals surface area (Å²) in [6.07, 6.45) is 1.81. The van der Waals surface area contributed by atoms with Crippen molar-refractivity contribution in [2.75, 3.05) is 13.6 Å². The normalized spacial score (nSPS) is 13.3. The lowest BCUT2D eigenvalue weighted by atomic mass is 10.0. The molecular formula is C31H36NO4P. The van der Waals surface area contributed by atoms with Crippen molar-refractivity contribution in [3.05, 3.63) is 99.1 Å². The molecule has 6 heteroatoms. The van der Waals surface area contributed by atoms with Crippen LogP contribution in [0.1, 0.15) is 66.9 Å². The summed E-state index contributed by atoms with van der Waals surface area (Å²) in [6, 6.07) is 16.0.